The van der Waals surface area contributed by atoms with Crippen LogP contribution in [0.4, 0.5) is 5.69 Å². The topological polar surface area (TPSA) is 81.8 Å². The summed E-state index contributed by atoms with van der Waals surface area (Å²) in [5.74, 6) is -0.380. The molecule has 0 atom stereocenters. The van der Waals surface area contributed by atoms with Crippen molar-refractivity contribution in [3.63, 3.8) is 0 Å². The summed E-state index contributed by atoms with van der Waals surface area (Å²) in [6, 6.07) is 25.6. The lowest BCUT2D eigenvalue weighted by Gasteiger charge is -2.15. The number of hydrazine groups is 1. The van der Waals surface area contributed by atoms with Gasteiger partial charge in [-0.2, -0.15) is 0 Å². The van der Waals surface area contributed by atoms with E-state index >= 15 is 0 Å². The van der Waals surface area contributed by atoms with E-state index in [0.29, 0.717) is 10.8 Å². The molecule has 0 bridgehead atoms. The lowest BCUT2D eigenvalue weighted by Crippen LogP contribution is -2.44. The van der Waals surface area contributed by atoms with Gasteiger partial charge in [-0.15, -0.1) is 0 Å². The van der Waals surface area contributed by atoms with Gasteiger partial charge in [0, 0.05) is 27.5 Å². The Balaban J connectivity index is 1.45. The number of nitrogens with one attached hydrogen (secondary N) is 4. The summed E-state index contributed by atoms with van der Waals surface area (Å²) in [7, 11) is 0. The molecule has 0 aliphatic carbocycles. The van der Waals surface area contributed by atoms with E-state index in [0.717, 1.165) is 49.9 Å². The second kappa shape index (κ2) is 8.96. The zero-order valence-electron chi connectivity index (χ0n) is 18.8. The van der Waals surface area contributed by atoms with E-state index in [-0.39, 0.29) is 5.91 Å². The number of nitrogens with zero attached hydrogens (tertiary/aromatic N) is 1. The Morgan fingerprint density at radius 2 is 1.56 bits per heavy atom. The van der Waals surface area contributed by atoms with Gasteiger partial charge in [0.1, 0.15) is 5.69 Å². The molecule has 0 saturated carbocycles. The number of rotatable bonds is 3. The Labute approximate surface area is 202 Å². The average molecular weight is 466 g/mol. The fraction of sp³-hybridized carbons (Fsp3) is 0.0741. The van der Waals surface area contributed by atoms with Crippen LogP contribution in [0.25, 0.3) is 33.1 Å². The molecule has 2 aromatic heterocycles. The maximum Gasteiger partial charge on any atom is 0.288 e. The van der Waals surface area contributed by atoms with Crippen LogP contribution in [0.5, 0.6) is 0 Å². The number of carbonyl (C=O) groups excluding carboxylic acids is 1. The van der Waals surface area contributed by atoms with Gasteiger partial charge >= 0.3 is 0 Å². The van der Waals surface area contributed by atoms with Gasteiger partial charge in [-0.05, 0) is 49.3 Å². The molecule has 6 nitrogen and oxygen atoms in total. The Morgan fingerprint density at radius 1 is 0.853 bits per heavy atom. The Kier molecular flexibility index (Phi) is 5.69. The number of thiocarbonyl (C=S) groups is 1. The van der Waals surface area contributed by atoms with Crippen molar-refractivity contribution >= 4 is 50.7 Å². The predicted molar refractivity (Wildman–Crippen MR) is 142 cm³/mol. The number of para-hydroxylation sites is 2. The van der Waals surface area contributed by atoms with Crippen LogP contribution in [0.2, 0.25) is 0 Å². The van der Waals surface area contributed by atoms with Crippen molar-refractivity contribution in [1.29, 1.82) is 0 Å². The number of benzene rings is 3. The fourth-order valence-corrected chi connectivity index (χ4v) is 4.25. The first kappa shape index (κ1) is 21.6. The number of hydrogen-bond donors (Lipinski definition) is 4. The van der Waals surface area contributed by atoms with Gasteiger partial charge < -0.3 is 10.3 Å². The molecule has 34 heavy (non-hydrogen) atoms. The molecule has 0 aliphatic heterocycles. The van der Waals surface area contributed by atoms with Gasteiger partial charge in [0.2, 0.25) is 0 Å². The number of aromatic nitrogens is 2. The number of aryl methyl sites for hydroxylation is 2. The number of H-pyrrole nitrogens is 1. The predicted octanol–water partition coefficient (Wildman–Crippen LogP) is 5.63. The molecule has 2 heterocycles. The molecule has 0 saturated heterocycles. The Morgan fingerprint density at radius 3 is 2.32 bits per heavy atom. The van der Waals surface area contributed by atoms with Crippen LogP contribution >= 0.6 is 12.2 Å². The van der Waals surface area contributed by atoms with E-state index in [9.17, 15) is 4.79 Å². The number of amides is 1. The second-order valence-electron chi connectivity index (χ2n) is 8.12. The lowest BCUT2D eigenvalue weighted by molar-refractivity contribution is 0.0939. The second-order valence-corrected chi connectivity index (χ2v) is 8.52. The molecule has 0 radical (unpaired) electrons. The number of pyridine rings is 1. The molecule has 5 rings (SSSR count). The minimum Gasteiger partial charge on any atom is -0.353 e. The molecular weight excluding hydrogens is 442 g/mol. The summed E-state index contributed by atoms with van der Waals surface area (Å²) in [5, 5.41) is 5.42. The molecule has 3 aromatic carbocycles. The summed E-state index contributed by atoms with van der Waals surface area (Å²) in [6.45, 7) is 4.00. The molecule has 0 fully saturated rings. The first-order chi connectivity index (χ1) is 16.5. The quantitative estimate of drug-likeness (QED) is 0.205. The molecule has 168 valence electrons. The third kappa shape index (κ3) is 4.09. The number of carbonyl (C=O) groups is 1. The van der Waals surface area contributed by atoms with Crippen LogP contribution in [-0.4, -0.2) is 21.0 Å². The number of anilines is 1. The third-order valence-electron chi connectivity index (χ3n) is 5.79. The minimum absolute atomic E-state index is 0.290. The molecule has 1 amide bonds. The highest BCUT2D eigenvalue weighted by atomic mass is 32.1. The van der Waals surface area contributed by atoms with E-state index in [1.165, 1.54) is 0 Å². The van der Waals surface area contributed by atoms with Crippen molar-refractivity contribution < 1.29 is 4.79 Å². The third-order valence-corrected chi connectivity index (χ3v) is 5.99. The van der Waals surface area contributed by atoms with Crippen molar-refractivity contribution in [2.45, 2.75) is 13.8 Å². The van der Waals surface area contributed by atoms with E-state index in [2.05, 4.69) is 21.2 Å². The summed E-state index contributed by atoms with van der Waals surface area (Å²) in [4.78, 5) is 21.3. The monoisotopic (exact) mass is 465 g/mol. The van der Waals surface area contributed by atoms with Crippen LogP contribution in [0.1, 0.15) is 21.6 Å². The van der Waals surface area contributed by atoms with Gasteiger partial charge in [0.05, 0.1) is 11.2 Å². The number of fused-ring (bicyclic) bond motifs is 3. The van der Waals surface area contributed by atoms with Crippen molar-refractivity contribution in [2.24, 2.45) is 0 Å². The van der Waals surface area contributed by atoms with Crippen LogP contribution in [0.3, 0.4) is 0 Å². The lowest BCUT2D eigenvalue weighted by atomic mass is 10.1. The Hall–Kier alpha value is -4.23. The summed E-state index contributed by atoms with van der Waals surface area (Å²) >= 11 is 5.39. The minimum atomic E-state index is -0.380. The number of aromatic amines is 1. The highest BCUT2D eigenvalue weighted by Crippen LogP contribution is 2.32. The van der Waals surface area contributed by atoms with Gasteiger partial charge in [-0.25, -0.2) is 4.98 Å². The first-order valence-electron chi connectivity index (χ1n) is 10.9. The normalized spacial score (nSPS) is 10.9. The van der Waals surface area contributed by atoms with Crippen molar-refractivity contribution in [3.05, 3.63) is 95.7 Å². The molecule has 0 aliphatic rings. The SMILES string of the molecule is Cc1cccc(C)c1NC(=S)NNC(=O)c1cc2c([nH]c3ccccc32)c(-c2ccccc2)n1. The highest BCUT2D eigenvalue weighted by Gasteiger charge is 2.17. The van der Waals surface area contributed by atoms with E-state index in [1.807, 2.05) is 86.6 Å². The molecule has 7 heteroatoms. The van der Waals surface area contributed by atoms with Gasteiger partial charge in [-0.1, -0.05) is 66.7 Å². The maximum atomic E-state index is 13.1. The summed E-state index contributed by atoms with van der Waals surface area (Å²) in [5.41, 5.74) is 12.3. The van der Waals surface area contributed by atoms with E-state index in [1.54, 1.807) is 6.07 Å². The van der Waals surface area contributed by atoms with Crippen molar-refractivity contribution in [2.75, 3.05) is 5.32 Å². The average Bonchev–Trinajstić information content (AvgIpc) is 3.23. The van der Waals surface area contributed by atoms with Crippen LogP contribution in [0.15, 0.2) is 78.9 Å². The van der Waals surface area contributed by atoms with Crippen LogP contribution < -0.4 is 16.2 Å². The Bertz CT molecular complexity index is 1520. The molecule has 0 unspecified atom stereocenters. The van der Waals surface area contributed by atoms with Crippen LogP contribution in [0, 0.1) is 13.8 Å². The largest absolute Gasteiger partial charge is 0.353 e. The molecule has 5 aromatic rings. The molecule has 4 N–H and O–H groups in total. The fourth-order valence-electron chi connectivity index (χ4n) is 4.10. The van der Waals surface area contributed by atoms with E-state index in [4.69, 9.17) is 17.2 Å². The zero-order valence-corrected chi connectivity index (χ0v) is 19.6. The van der Waals surface area contributed by atoms with Gasteiger partial charge in [0.25, 0.3) is 5.91 Å². The van der Waals surface area contributed by atoms with Crippen molar-refractivity contribution in [3.8, 4) is 11.3 Å². The van der Waals surface area contributed by atoms with Crippen molar-refractivity contribution in [1.82, 2.24) is 20.8 Å². The highest BCUT2D eigenvalue weighted by molar-refractivity contribution is 7.80. The molecule has 0 spiro atoms. The van der Waals surface area contributed by atoms with Crippen LogP contribution in [-0.2, 0) is 0 Å². The maximum absolute atomic E-state index is 13.1. The molecular formula is C27H23N5OS. The first-order valence-corrected chi connectivity index (χ1v) is 11.3. The summed E-state index contributed by atoms with van der Waals surface area (Å²) in [6.07, 6.45) is 0. The number of hydrogen-bond acceptors (Lipinski definition) is 3. The standard InChI is InChI=1S/C27H23N5OS/c1-16-9-8-10-17(2)23(16)30-27(34)32-31-26(33)22-15-20-19-13-6-7-14-21(19)28-25(20)24(29-22)18-11-4-3-5-12-18/h3-15,28H,1-2H3,(H,31,33)(H2,30,32,34). The summed E-state index contributed by atoms with van der Waals surface area (Å²) < 4.78 is 0. The zero-order chi connectivity index (χ0) is 23.7. The smallest absolute Gasteiger partial charge is 0.288 e. The van der Waals surface area contributed by atoms with E-state index < -0.39 is 0 Å². The van der Waals surface area contributed by atoms with Gasteiger partial charge in [0.15, 0.2) is 5.11 Å². The van der Waals surface area contributed by atoms with Gasteiger partial charge in [-0.3, -0.25) is 15.6 Å².